The maximum absolute atomic E-state index is 13.3. The van der Waals surface area contributed by atoms with Crippen LogP contribution in [-0.2, 0) is 16.1 Å². The molecule has 1 amide bonds. The summed E-state index contributed by atoms with van der Waals surface area (Å²) in [5.74, 6) is 1.31. The third-order valence-corrected chi connectivity index (χ3v) is 4.41. The van der Waals surface area contributed by atoms with Crippen molar-refractivity contribution in [3.63, 3.8) is 0 Å². The van der Waals surface area contributed by atoms with Crippen LogP contribution in [0.25, 0.3) is 0 Å². The zero-order valence-corrected chi connectivity index (χ0v) is 18.6. The van der Waals surface area contributed by atoms with E-state index in [1.165, 1.54) is 12.0 Å². The molecule has 0 heterocycles. The minimum Gasteiger partial charge on any atom is -0.497 e. The molecule has 0 fully saturated rings. The summed E-state index contributed by atoms with van der Waals surface area (Å²) >= 11 is 0. The molecule has 0 aliphatic carbocycles. The summed E-state index contributed by atoms with van der Waals surface area (Å²) in [7, 11) is 4.37. The van der Waals surface area contributed by atoms with Gasteiger partial charge in [0.05, 0.1) is 34.5 Å². The van der Waals surface area contributed by atoms with E-state index in [-0.39, 0.29) is 19.0 Å². The van der Waals surface area contributed by atoms with Gasteiger partial charge in [0.1, 0.15) is 18.0 Å². The van der Waals surface area contributed by atoms with Gasteiger partial charge in [-0.15, -0.1) is 0 Å². The molecule has 0 radical (unpaired) electrons. The smallest absolute Gasteiger partial charge is 0.325 e. The minimum absolute atomic E-state index is 0.151. The first-order chi connectivity index (χ1) is 14.9. The summed E-state index contributed by atoms with van der Waals surface area (Å²) in [6, 6.07) is 10.2. The standard InChI is InChI=1S/C23H29NO7/c1-6-30-20-9-8-17(12-21(20)31-7-2)23(26)24(15-22(25)29-5)14-16-10-18(27-3)13-19(11-16)28-4/h8-13H,6-7,14-15H2,1-5H3. The Morgan fingerprint density at radius 3 is 2.00 bits per heavy atom. The number of hydrogen-bond acceptors (Lipinski definition) is 7. The Kier molecular flexibility index (Phi) is 8.99. The van der Waals surface area contributed by atoms with Crippen molar-refractivity contribution in [1.82, 2.24) is 4.90 Å². The molecular weight excluding hydrogens is 402 g/mol. The van der Waals surface area contributed by atoms with Crippen LogP contribution in [-0.4, -0.2) is 57.9 Å². The average Bonchev–Trinajstić information content (AvgIpc) is 2.79. The van der Waals surface area contributed by atoms with Gasteiger partial charge >= 0.3 is 5.97 Å². The highest BCUT2D eigenvalue weighted by atomic mass is 16.5. The Bertz CT molecular complexity index is 875. The highest BCUT2D eigenvalue weighted by Crippen LogP contribution is 2.30. The molecule has 0 atom stereocenters. The number of methoxy groups -OCH3 is 3. The Morgan fingerprint density at radius 1 is 0.839 bits per heavy atom. The Morgan fingerprint density at radius 2 is 1.45 bits per heavy atom. The van der Waals surface area contributed by atoms with Gasteiger partial charge in [-0.2, -0.15) is 0 Å². The summed E-state index contributed by atoms with van der Waals surface area (Å²) in [6.45, 7) is 4.55. The average molecular weight is 431 g/mol. The molecule has 2 rings (SSSR count). The first kappa shape index (κ1) is 23.9. The second-order valence-corrected chi connectivity index (χ2v) is 6.49. The van der Waals surface area contributed by atoms with Crippen molar-refractivity contribution in [1.29, 1.82) is 0 Å². The first-order valence-electron chi connectivity index (χ1n) is 9.93. The molecule has 8 heteroatoms. The Balaban J connectivity index is 2.38. The summed E-state index contributed by atoms with van der Waals surface area (Å²) < 4.78 is 26.6. The zero-order chi connectivity index (χ0) is 22.8. The fourth-order valence-electron chi connectivity index (χ4n) is 2.96. The van der Waals surface area contributed by atoms with Crippen LogP contribution in [0.5, 0.6) is 23.0 Å². The molecule has 8 nitrogen and oxygen atoms in total. The van der Waals surface area contributed by atoms with Crippen molar-refractivity contribution in [2.45, 2.75) is 20.4 Å². The quantitative estimate of drug-likeness (QED) is 0.505. The largest absolute Gasteiger partial charge is 0.497 e. The van der Waals surface area contributed by atoms with Gasteiger partial charge in [-0.1, -0.05) is 0 Å². The Hall–Kier alpha value is -3.42. The van der Waals surface area contributed by atoms with Crippen molar-refractivity contribution >= 4 is 11.9 Å². The summed E-state index contributed by atoms with van der Waals surface area (Å²) in [5.41, 5.74) is 1.11. The second-order valence-electron chi connectivity index (χ2n) is 6.49. The monoisotopic (exact) mass is 431 g/mol. The molecule has 0 aliphatic rings. The predicted molar refractivity (Wildman–Crippen MR) is 115 cm³/mol. The zero-order valence-electron chi connectivity index (χ0n) is 18.6. The number of hydrogen-bond donors (Lipinski definition) is 0. The van der Waals surface area contributed by atoms with Crippen LogP contribution >= 0.6 is 0 Å². The van der Waals surface area contributed by atoms with Crippen LogP contribution in [0, 0.1) is 0 Å². The first-order valence-corrected chi connectivity index (χ1v) is 9.93. The maximum Gasteiger partial charge on any atom is 0.325 e. The number of carbonyl (C=O) groups excluding carboxylic acids is 2. The molecule has 0 saturated heterocycles. The fourth-order valence-corrected chi connectivity index (χ4v) is 2.96. The molecule has 2 aromatic carbocycles. The molecule has 0 aromatic heterocycles. The fraction of sp³-hybridized carbons (Fsp3) is 0.391. The number of esters is 1. The highest BCUT2D eigenvalue weighted by Gasteiger charge is 2.22. The van der Waals surface area contributed by atoms with E-state index in [4.69, 9.17) is 23.7 Å². The van der Waals surface area contributed by atoms with Gasteiger partial charge in [0.25, 0.3) is 5.91 Å². The summed E-state index contributed by atoms with van der Waals surface area (Å²) in [4.78, 5) is 26.7. The van der Waals surface area contributed by atoms with Crippen LogP contribution in [0.1, 0.15) is 29.8 Å². The number of rotatable bonds is 11. The number of carbonyl (C=O) groups is 2. The number of ether oxygens (including phenoxy) is 5. The van der Waals surface area contributed by atoms with Crippen molar-refractivity contribution in [2.75, 3.05) is 41.1 Å². The molecule has 168 valence electrons. The topological polar surface area (TPSA) is 83.5 Å². The lowest BCUT2D eigenvalue weighted by molar-refractivity contribution is -0.141. The van der Waals surface area contributed by atoms with Crippen LogP contribution < -0.4 is 18.9 Å². The van der Waals surface area contributed by atoms with Crippen molar-refractivity contribution in [3.8, 4) is 23.0 Å². The van der Waals surface area contributed by atoms with Gasteiger partial charge in [0.2, 0.25) is 0 Å². The SMILES string of the molecule is CCOc1ccc(C(=O)N(CC(=O)OC)Cc2cc(OC)cc(OC)c2)cc1OCC. The van der Waals surface area contributed by atoms with Crippen molar-refractivity contribution < 1.29 is 33.3 Å². The molecule has 0 saturated carbocycles. The van der Waals surface area contributed by atoms with Gasteiger partial charge in [-0.3, -0.25) is 9.59 Å². The van der Waals surface area contributed by atoms with Crippen LogP contribution in [0.4, 0.5) is 0 Å². The molecule has 2 aromatic rings. The third kappa shape index (κ3) is 6.53. The molecule has 0 aliphatic heterocycles. The normalized spacial score (nSPS) is 10.2. The number of amides is 1. The van der Waals surface area contributed by atoms with Gasteiger partial charge in [0, 0.05) is 18.2 Å². The molecular formula is C23H29NO7. The number of benzene rings is 2. The van der Waals surface area contributed by atoms with Crippen LogP contribution in [0.2, 0.25) is 0 Å². The minimum atomic E-state index is -0.529. The van der Waals surface area contributed by atoms with Gasteiger partial charge in [-0.25, -0.2) is 0 Å². The molecule has 31 heavy (non-hydrogen) atoms. The van der Waals surface area contributed by atoms with Gasteiger partial charge in [0.15, 0.2) is 11.5 Å². The van der Waals surface area contributed by atoms with E-state index >= 15 is 0 Å². The molecule has 0 bridgehead atoms. The van der Waals surface area contributed by atoms with E-state index in [1.54, 1.807) is 50.6 Å². The van der Waals surface area contributed by atoms with Crippen molar-refractivity contribution in [2.24, 2.45) is 0 Å². The van der Waals surface area contributed by atoms with E-state index in [9.17, 15) is 9.59 Å². The third-order valence-electron chi connectivity index (χ3n) is 4.41. The van der Waals surface area contributed by atoms with E-state index < -0.39 is 5.97 Å². The van der Waals surface area contributed by atoms with Crippen LogP contribution in [0.15, 0.2) is 36.4 Å². The van der Waals surface area contributed by atoms with Crippen LogP contribution in [0.3, 0.4) is 0 Å². The van der Waals surface area contributed by atoms with Gasteiger partial charge in [-0.05, 0) is 49.7 Å². The van der Waals surface area contributed by atoms with Gasteiger partial charge < -0.3 is 28.6 Å². The second kappa shape index (κ2) is 11.7. The Labute approximate surface area is 182 Å². The summed E-state index contributed by atoms with van der Waals surface area (Å²) in [6.07, 6.45) is 0. The number of nitrogens with zero attached hydrogens (tertiary/aromatic N) is 1. The maximum atomic E-state index is 13.3. The molecule has 0 spiro atoms. The lowest BCUT2D eigenvalue weighted by atomic mass is 10.1. The summed E-state index contributed by atoms with van der Waals surface area (Å²) in [5, 5.41) is 0. The van der Waals surface area contributed by atoms with E-state index in [1.807, 2.05) is 13.8 Å². The molecule has 0 unspecified atom stereocenters. The van der Waals surface area contributed by atoms with Crippen molar-refractivity contribution in [3.05, 3.63) is 47.5 Å². The van der Waals surface area contributed by atoms with E-state index in [0.29, 0.717) is 41.8 Å². The lowest BCUT2D eigenvalue weighted by Crippen LogP contribution is -2.35. The van der Waals surface area contributed by atoms with E-state index in [2.05, 4.69) is 0 Å². The highest BCUT2D eigenvalue weighted by molar-refractivity contribution is 5.96. The molecule has 0 N–H and O–H groups in total. The predicted octanol–water partition coefficient (Wildman–Crippen LogP) is 3.32. The van der Waals surface area contributed by atoms with E-state index in [0.717, 1.165) is 5.56 Å². The lowest BCUT2D eigenvalue weighted by Gasteiger charge is -2.23.